The summed E-state index contributed by atoms with van der Waals surface area (Å²) in [5.74, 6) is -2.33. The molecule has 0 saturated heterocycles. The highest BCUT2D eigenvalue weighted by Crippen LogP contribution is 2.15. The van der Waals surface area contributed by atoms with Gasteiger partial charge in [-0.1, -0.05) is 231 Å². The number of aliphatic carboxylic acids is 1. The van der Waals surface area contributed by atoms with E-state index in [-0.39, 0.29) is 32.7 Å². The molecule has 0 N–H and O–H groups in total. The Hall–Kier alpha value is -4.57. The van der Waals surface area contributed by atoms with E-state index in [1.807, 2.05) is 21.1 Å². The Balaban J connectivity index is 4.10. The van der Waals surface area contributed by atoms with Crippen LogP contribution >= 0.6 is 0 Å². The van der Waals surface area contributed by atoms with Gasteiger partial charge in [0, 0.05) is 12.8 Å². The minimum absolute atomic E-state index is 0.137. The van der Waals surface area contributed by atoms with Crippen molar-refractivity contribution >= 4 is 17.9 Å². The molecule has 0 rings (SSSR count). The molecule has 0 saturated carbocycles. The lowest BCUT2D eigenvalue weighted by Crippen LogP contribution is -2.44. The number of hydrogen-bond donors (Lipinski definition) is 0. The van der Waals surface area contributed by atoms with Gasteiger partial charge < -0.3 is 33.3 Å². The summed E-state index contributed by atoms with van der Waals surface area (Å²) in [6.45, 7) is 4.46. The van der Waals surface area contributed by atoms with Crippen molar-refractivity contribution in [3.63, 3.8) is 0 Å². The zero-order valence-corrected chi connectivity index (χ0v) is 49.5. The van der Waals surface area contributed by atoms with Crippen LogP contribution in [0.25, 0.3) is 0 Å². The molecule has 9 nitrogen and oxygen atoms in total. The second kappa shape index (κ2) is 57.6. The van der Waals surface area contributed by atoms with E-state index in [0.29, 0.717) is 23.9 Å². The summed E-state index contributed by atoms with van der Waals surface area (Å²) in [6, 6.07) is 0. The van der Waals surface area contributed by atoms with Crippen molar-refractivity contribution in [2.75, 3.05) is 47.5 Å². The highest BCUT2D eigenvalue weighted by Gasteiger charge is 2.22. The second-order valence-electron chi connectivity index (χ2n) is 20.9. The lowest BCUT2D eigenvalue weighted by molar-refractivity contribution is -0.870. The number of ether oxygens (including phenoxy) is 4. The first kappa shape index (κ1) is 72.4. The minimum Gasteiger partial charge on any atom is -0.545 e. The molecule has 0 aliphatic rings. The Morgan fingerprint density at radius 3 is 1.05 bits per heavy atom. The largest absolute Gasteiger partial charge is 0.545 e. The molecule has 436 valence electrons. The quantitative estimate of drug-likeness (QED) is 0.0195. The van der Waals surface area contributed by atoms with Crippen LogP contribution < -0.4 is 5.11 Å². The third kappa shape index (κ3) is 58.9. The van der Waals surface area contributed by atoms with E-state index in [1.54, 1.807) is 0 Å². The van der Waals surface area contributed by atoms with Gasteiger partial charge in [0.05, 0.1) is 40.3 Å². The Labute approximate surface area is 471 Å². The highest BCUT2D eigenvalue weighted by molar-refractivity contribution is 5.70. The second-order valence-corrected chi connectivity index (χ2v) is 20.9. The number of likely N-dealkylation sites (N-methyl/N-ethyl adjacent to an activating group) is 1. The number of hydrogen-bond acceptors (Lipinski definition) is 8. The Morgan fingerprint density at radius 2 is 0.701 bits per heavy atom. The van der Waals surface area contributed by atoms with E-state index >= 15 is 0 Å². The number of allylic oxidation sites excluding steroid dienone is 22. The molecule has 0 amide bonds. The first-order chi connectivity index (χ1) is 37.6. The van der Waals surface area contributed by atoms with E-state index in [2.05, 4.69) is 148 Å². The van der Waals surface area contributed by atoms with Crippen molar-refractivity contribution in [3.8, 4) is 0 Å². The first-order valence-corrected chi connectivity index (χ1v) is 30.3. The summed E-state index contributed by atoms with van der Waals surface area (Å²) < 4.78 is 22.6. The smallest absolute Gasteiger partial charge is 0.306 e. The average molecular weight is 1070 g/mol. The number of carbonyl (C=O) groups excluding carboxylic acids is 3. The molecule has 0 aromatic rings. The third-order valence-corrected chi connectivity index (χ3v) is 12.4. The molecule has 77 heavy (non-hydrogen) atoms. The molecule has 0 aromatic heterocycles. The minimum atomic E-state index is -1.63. The summed E-state index contributed by atoms with van der Waals surface area (Å²) >= 11 is 0. The number of esters is 2. The van der Waals surface area contributed by atoms with Gasteiger partial charge >= 0.3 is 11.9 Å². The number of carbonyl (C=O) groups is 3. The summed E-state index contributed by atoms with van der Waals surface area (Å²) in [7, 11) is 5.90. The highest BCUT2D eigenvalue weighted by atomic mass is 16.7. The lowest BCUT2D eigenvalue weighted by Gasteiger charge is -2.26. The first-order valence-electron chi connectivity index (χ1n) is 30.3. The molecule has 0 heterocycles. The third-order valence-electron chi connectivity index (χ3n) is 12.4. The molecule has 0 aromatic carbocycles. The molecule has 0 spiro atoms. The van der Waals surface area contributed by atoms with E-state index in [0.717, 1.165) is 109 Å². The number of quaternary nitrogens is 1. The van der Waals surface area contributed by atoms with E-state index in [1.165, 1.54) is 70.6 Å². The van der Waals surface area contributed by atoms with Gasteiger partial charge in [-0.15, -0.1) is 0 Å². The summed E-state index contributed by atoms with van der Waals surface area (Å²) in [6.07, 6.45) is 79.6. The van der Waals surface area contributed by atoms with Crippen molar-refractivity contribution in [2.24, 2.45) is 0 Å². The number of carboxylic acids is 1. The van der Waals surface area contributed by atoms with Crippen LogP contribution in [0.1, 0.15) is 219 Å². The predicted octanol–water partition coefficient (Wildman–Crippen LogP) is 16.9. The van der Waals surface area contributed by atoms with Crippen LogP contribution in [0.2, 0.25) is 0 Å². The molecule has 0 radical (unpaired) electrons. The van der Waals surface area contributed by atoms with Crippen LogP contribution in [-0.2, 0) is 33.3 Å². The van der Waals surface area contributed by atoms with Crippen LogP contribution in [0.4, 0.5) is 0 Å². The van der Waals surface area contributed by atoms with E-state index < -0.39 is 30.3 Å². The van der Waals surface area contributed by atoms with E-state index in [4.69, 9.17) is 18.9 Å². The molecule has 9 heteroatoms. The van der Waals surface area contributed by atoms with Gasteiger partial charge in [0.2, 0.25) is 0 Å². The van der Waals surface area contributed by atoms with Crippen molar-refractivity contribution < 1.29 is 42.9 Å². The monoisotopic (exact) mass is 1070 g/mol. The fourth-order valence-corrected chi connectivity index (χ4v) is 7.80. The maximum absolute atomic E-state index is 12.9. The molecule has 0 bridgehead atoms. The molecule has 0 aliphatic carbocycles. The van der Waals surface area contributed by atoms with Crippen LogP contribution in [0.5, 0.6) is 0 Å². The van der Waals surface area contributed by atoms with Gasteiger partial charge in [-0.2, -0.15) is 0 Å². The summed E-state index contributed by atoms with van der Waals surface area (Å²) in [4.78, 5) is 37.2. The maximum atomic E-state index is 12.9. The predicted molar refractivity (Wildman–Crippen MR) is 324 cm³/mol. The molecule has 0 aliphatic heterocycles. The van der Waals surface area contributed by atoms with E-state index in [9.17, 15) is 19.5 Å². The van der Waals surface area contributed by atoms with Gasteiger partial charge in [0.15, 0.2) is 12.4 Å². The molecular weight excluding hydrogens is 959 g/mol. The fourth-order valence-electron chi connectivity index (χ4n) is 7.80. The van der Waals surface area contributed by atoms with Gasteiger partial charge in [0.1, 0.15) is 13.2 Å². The van der Waals surface area contributed by atoms with Crippen molar-refractivity contribution in [3.05, 3.63) is 134 Å². The normalized spacial score (nSPS) is 13.7. The van der Waals surface area contributed by atoms with Crippen molar-refractivity contribution in [1.82, 2.24) is 0 Å². The standard InChI is InChI=1S/C68H111NO8/c1-6-8-10-12-14-16-18-20-21-22-23-24-25-26-27-28-29-30-31-32-33-34-35-36-37-38-39-40-41-42-43-44-45-47-49-51-53-55-57-59-66(71)77-64(63-76-68(67(72)73)74-61-60-69(3,4)5)62-75-65(70)58-56-54-52-50-48-46-19-17-15-13-11-9-7-2/h8-11,14-17,20-21,23-24,26-27,29-30,32-33,35-36,46,48,64,68H,6-7,12-13,18-19,22,25,28,31,34,37-45,47,49-63H2,1-5H3/b10-8-,11-9-,16-14-,17-15-,21-20-,24-23-,27-26-,30-29-,33-32-,36-35-,48-46-. The fraction of sp³-hybridized carbons (Fsp3) is 0.632. The lowest BCUT2D eigenvalue weighted by atomic mass is 10.0. The Morgan fingerprint density at radius 1 is 0.390 bits per heavy atom. The van der Waals surface area contributed by atoms with Crippen LogP contribution in [0.15, 0.2) is 134 Å². The maximum Gasteiger partial charge on any atom is 0.306 e. The molecule has 2 atom stereocenters. The molecule has 0 fully saturated rings. The van der Waals surface area contributed by atoms with Crippen LogP contribution in [-0.4, -0.2) is 82.3 Å². The van der Waals surface area contributed by atoms with Gasteiger partial charge in [0.25, 0.3) is 0 Å². The Bertz CT molecular complexity index is 1720. The zero-order valence-electron chi connectivity index (χ0n) is 49.5. The van der Waals surface area contributed by atoms with Crippen molar-refractivity contribution in [2.45, 2.75) is 232 Å². The number of carboxylic acid groups (broad SMARTS) is 1. The zero-order chi connectivity index (χ0) is 56.2. The Kier molecular flexibility index (Phi) is 54.2. The van der Waals surface area contributed by atoms with Gasteiger partial charge in [-0.3, -0.25) is 9.59 Å². The number of nitrogens with zero attached hydrogens (tertiary/aromatic N) is 1. The molecular formula is C68H111NO8. The topological polar surface area (TPSA) is 111 Å². The van der Waals surface area contributed by atoms with Gasteiger partial charge in [-0.25, -0.2) is 0 Å². The van der Waals surface area contributed by atoms with Crippen LogP contribution in [0, 0.1) is 0 Å². The average Bonchev–Trinajstić information content (AvgIpc) is 3.40. The van der Waals surface area contributed by atoms with Crippen molar-refractivity contribution in [1.29, 1.82) is 0 Å². The van der Waals surface area contributed by atoms with Crippen LogP contribution in [0.3, 0.4) is 0 Å². The SMILES string of the molecule is CC/C=C\C/C=C\C/C=C\C/C=C\C/C=C\C/C=C\C/C=C\C/C=C\CCCCCCCCCCCCCCCCC(=O)OC(COC(=O)CCCCC/C=C\C/C=C\C/C=C\CC)COC(OCC[N+](C)(C)C)C(=O)[O-]. The number of unbranched alkanes of at least 4 members (excludes halogenated alkanes) is 17. The van der Waals surface area contributed by atoms with Gasteiger partial charge in [-0.05, 0) is 109 Å². The summed E-state index contributed by atoms with van der Waals surface area (Å²) in [5, 5.41) is 11.8. The number of rotatable bonds is 54. The summed E-state index contributed by atoms with van der Waals surface area (Å²) in [5.41, 5.74) is 0. The molecule has 2 unspecified atom stereocenters.